The SMILES string of the molecule is Fc1ccc2nc(Oc3cccc([C@@H]4CNCCO4)c3)sc2c1. The average Bonchev–Trinajstić information content (AvgIpc) is 2.97. The highest BCUT2D eigenvalue weighted by Gasteiger charge is 2.16. The van der Waals surface area contributed by atoms with E-state index >= 15 is 0 Å². The van der Waals surface area contributed by atoms with Crippen LogP contribution in [0.1, 0.15) is 11.7 Å². The van der Waals surface area contributed by atoms with Crippen LogP contribution in [0.2, 0.25) is 0 Å². The minimum atomic E-state index is -0.267. The Labute approximate surface area is 136 Å². The van der Waals surface area contributed by atoms with Crippen molar-refractivity contribution >= 4 is 21.6 Å². The molecule has 0 amide bonds. The first-order chi connectivity index (χ1) is 11.3. The molecule has 1 atom stereocenters. The maximum Gasteiger partial charge on any atom is 0.279 e. The molecule has 0 bridgehead atoms. The summed E-state index contributed by atoms with van der Waals surface area (Å²) in [6.45, 7) is 2.39. The molecule has 1 aliphatic rings. The molecule has 1 N–H and O–H groups in total. The third kappa shape index (κ3) is 3.19. The summed E-state index contributed by atoms with van der Waals surface area (Å²) < 4.78 is 25.6. The number of nitrogens with zero attached hydrogens (tertiary/aromatic N) is 1. The van der Waals surface area contributed by atoms with E-state index in [-0.39, 0.29) is 11.9 Å². The molecule has 118 valence electrons. The van der Waals surface area contributed by atoms with Crippen LogP contribution in [0.5, 0.6) is 10.9 Å². The Morgan fingerprint density at radius 1 is 1.26 bits per heavy atom. The van der Waals surface area contributed by atoms with E-state index in [1.165, 1.54) is 23.5 Å². The number of fused-ring (bicyclic) bond motifs is 1. The van der Waals surface area contributed by atoms with E-state index in [9.17, 15) is 4.39 Å². The zero-order chi connectivity index (χ0) is 15.6. The molecule has 1 saturated heterocycles. The van der Waals surface area contributed by atoms with Crippen molar-refractivity contribution in [3.63, 3.8) is 0 Å². The van der Waals surface area contributed by atoms with Gasteiger partial charge in [0.2, 0.25) is 0 Å². The predicted octanol–water partition coefficient (Wildman–Crippen LogP) is 3.89. The molecule has 4 nitrogen and oxygen atoms in total. The molecule has 1 aromatic heterocycles. The number of ether oxygens (including phenoxy) is 2. The van der Waals surface area contributed by atoms with E-state index in [0.717, 1.165) is 28.9 Å². The van der Waals surface area contributed by atoms with Crippen molar-refractivity contribution in [3.8, 4) is 10.9 Å². The van der Waals surface area contributed by atoms with Crippen molar-refractivity contribution in [2.75, 3.05) is 19.7 Å². The molecule has 0 saturated carbocycles. The third-order valence-electron chi connectivity index (χ3n) is 3.69. The lowest BCUT2D eigenvalue weighted by Crippen LogP contribution is -2.33. The van der Waals surface area contributed by atoms with Crippen molar-refractivity contribution in [3.05, 3.63) is 53.8 Å². The highest BCUT2D eigenvalue weighted by Crippen LogP contribution is 2.32. The molecule has 0 aliphatic carbocycles. The number of nitrogens with one attached hydrogen (secondary N) is 1. The second kappa shape index (κ2) is 6.23. The fourth-order valence-corrected chi connectivity index (χ4v) is 3.44. The van der Waals surface area contributed by atoms with Gasteiger partial charge in [-0.1, -0.05) is 23.5 Å². The minimum absolute atomic E-state index is 0.0387. The number of thiazole rings is 1. The van der Waals surface area contributed by atoms with Crippen LogP contribution in [-0.2, 0) is 4.74 Å². The van der Waals surface area contributed by atoms with Gasteiger partial charge in [-0.05, 0) is 35.9 Å². The van der Waals surface area contributed by atoms with Crippen LogP contribution >= 0.6 is 11.3 Å². The molecule has 2 heterocycles. The van der Waals surface area contributed by atoms with Crippen molar-refractivity contribution in [2.45, 2.75) is 6.10 Å². The van der Waals surface area contributed by atoms with Crippen LogP contribution in [0.25, 0.3) is 10.2 Å². The van der Waals surface area contributed by atoms with E-state index in [0.29, 0.717) is 17.6 Å². The average molecular weight is 330 g/mol. The maximum atomic E-state index is 13.2. The summed E-state index contributed by atoms with van der Waals surface area (Å²) in [4.78, 5) is 4.38. The number of hydrogen-bond acceptors (Lipinski definition) is 5. The first-order valence-corrected chi connectivity index (χ1v) is 8.26. The minimum Gasteiger partial charge on any atom is -0.431 e. The molecule has 6 heteroatoms. The molecule has 1 aliphatic heterocycles. The Morgan fingerprint density at radius 3 is 3.09 bits per heavy atom. The fourth-order valence-electron chi connectivity index (χ4n) is 2.58. The maximum absolute atomic E-state index is 13.2. The number of aromatic nitrogens is 1. The van der Waals surface area contributed by atoms with Crippen LogP contribution in [0, 0.1) is 5.82 Å². The Bertz CT molecular complexity index is 830. The summed E-state index contributed by atoms with van der Waals surface area (Å²) in [5.41, 5.74) is 1.81. The highest BCUT2D eigenvalue weighted by molar-refractivity contribution is 7.20. The molecule has 0 spiro atoms. The predicted molar refractivity (Wildman–Crippen MR) is 87.7 cm³/mol. The first kappa shape index (κ1) is 14.6. The van der Waals surface area contributed by atoms with Crippen molar-refractivity contribution < 1.29 is 13.9 Å². The lowest BCUT2D eigenvalue weighted by Gasteiger charge is -2.24. The van der Waals surface area contributed by atoms with Gasteiger partial charge in [0.15, 0.2) is 0 Å². The van der Waals surface area contributed by atoms with E-state index < -0.39 is 0 Å². The number of rotatable bonds is 3. The summed E-state index contributed by atoms with van der Waals surface area (Å²) in [5, 5.41) is 3.82. The third-order valence-corrected chi connectivity index (χ3v) is 4.59. The standard InChI is InChI=1S/C17H15FN2O2S/c18-12-4-5-14-16(9-12)23-17(20-14)22-13-3-1-2-11(8-13)15-10-19-6-7-21-15/h1-5,8-9,15,19H,6-7,10H2/t15-/m0/s1. The molecule has 3 aromatic rings. The van der Waals surface area contributed by atoms with Gasteiger partial charge < -0.3 is 14.8 Å². The van der Waals surface area contributed by atoms with Gasteiger partial charge in [0.1, 0.15) is 11.6 Å². The van der Waals surface area contributed by atoms with Gasteiger partial charge in [0, 0.05) is 13.1 Å². The Balaban J connectivity index is 1.57. The van der Waals surface area contributed by atoms with Gasteiger partial charge in [0.25, 0.3) is 5.19 Å². The largest absolute Gasteiger partial charge is 0.431 e. The topological polar surface area (TPSA) is 43.4 Å². The Kier molecular flexibility index (Phi) is 3.95. The molecule has 23 heavy (non-hydrogen) atoms. The Morgan fingerprint density at radius 2 is 2.22 bits per heavy atom. The summed E-state index contributed by atoms with van der Waals surface area (Å²) >= 11 is 1.33. The molecular weight excluding hydrogens is 315 g/mol. The van der Waals surface area contributed by atoms with Gasteiger partial charge >= 0.3 is 0 Å². The lowest BCUT2D eigenvalue weighted by atomic mass is 10.1. The van der Waals surface area contributed by atoms with Gasteiger partial charge in [-0.15, -0.1) is 0 Å². The summed E-state index contributed by atoms with van der Waals surface area (Å²) in [7, 11) is 0. The van der Waals surface area contributed by atoms with Gasteiger partial charge in [-0.3, -0.25) is 0 Å². The molecule has 0 unspecified atom stereocenters. The van der Waals surface area contributed by atoms with Crippen molar-refractivity contribution in [1.29, 1.82) is 0 Å². The molecular formula is C17H15FN2O2S. The first-order valence-electron chi connectivity index (χ1n) is 7.44. The summed E-state index contributed by atoms with van der Waals surface area (Å²) in [5.74, 6) is 0.438. The van der Waals surface area contributed by atoms with Crippen molar-refractivity contribution in [1.82, 2.24) is 10.3 Å². The lowest BCUT2D eigenvalue weighted by molar-refractivity contribution is 0.0276. The number of halogens is 1. The van der Waals surface area contributed by atoms with E-state index in [1.54, 1.807) is 6.07 Å². The number of hydrogen-bond donors (Lipinski definition) is 1. The van der Waals surface area contributed by atoms with Crippen LogP contribution in [0.15, 0.2) is 42.5 Å². The van der Waals surface area contributed by atoms with E-state index in [1.807, 2.05) is 24.3 Å². The summed E-state index contributed by atoms with van der Waals surface area (Å²) in [6, 6.07) is 12.3. The smallest absolute Gasteiger partial charge is 0.279 e. The second-order valence-electron chi connectivity index (χ2n) is 5.33. The second-order valence-corrected chi connectivity index (χ2v) is 6.32. The summed E-state index contributed by atoms with van der Waals surface area (Å²) in [6.07, 6.45) is 0.0387. The van der Waals surface area contributed by atoms with Crippen molar-refractivity contribution in [2.24, 2.45) is 0 Å². The van der Waals surface area contributed by atoms with Crippen LogP contribution in [0.4, 0.5) is 4.39 Å². The number of benzene rings is 2. The van der Waals surface area contributed by atoms with Crippen LogP contribution in [-0.4, -0.2) is 24.7 Å². The number of morpholine rings is 1. The molecule has 2 aromatic carbocycles. The molecule has 4 rings (SSSR count). The van der Waals surface area contributed by atoms with Gasteiger partial charge in [0.05, 0.1) is 22.9 Å². The fraction of sp³-hybridized carbons (Fsp3) is 0.235. The van der Waals surface area contributed by atoms with Crippen LogP contribution in [0.3, 0.4) is 0 Å². The molecule has 0 radical (unpaired) electrons. The van der Waals surface area contributed by atoms with E-state index in [4.69, 9.17) is 9.47 Å². The zero-order valence-corrected chi connectivity index (χ0v) is 13.1. The normalized spacial score (nSPS) is 18.2. The van der Waals surface area contributed by atoms with Gasteiger partial charge in [-0.25, -0.2) is 9.37 Å². The monoisotopic (exact) mass is 330 g/mol. The quantitative estimate of drug-likeness (QED) is 0.791. The highest BCUT2D eigenvalue weighted by atomic mass is 32.1. The van der Waals surface area contributed by atoms with Gasteiger partial charge in [-0.2, -0.15) is 0 Å². The van der Waals surface area contributed by atoms with E-state index in [2.05, 4.69) is 10.3 Å². The van der Waals surface area contributed by atoms with Crippen LogP contribution < -0.4 is 10.1 Å². The zero-order valence-electron chi connectivity index (χ0n) is 12.3. The Hall–Kier alpha value is -2.02. The molecule has 1 fully saturated rings.